The van der Waals surface area contributed by atoms with Gasteiger partial charge < -0.3 is 10.6 Å². The minimum Gasteiger partial charge on any atom is -0.351 e. The number of nitrogens with one attached hydrogen (secondary N) is 3. The van der Waals surface area contributed by atoms with Gasteiger partial charge in [0.15, 0.2) is 5.69 Å². The summed E-state index contributed by atoms with van der Waals surface area (Å²) in [5, 5.41) is 14.2. The highest BCUT2D eigenvalue weighted by Crippen LogP contribution is 2.14. The van der Waals surface area contributed by atoms with Gasteiger partial charge >= 0.3 is 0 Å². The predicted molar refractivity (Wildman–Crippen MR) is 74.1 cm³/mol. The average Bonchev–Trinajstić information content (AvgIpc) is 3.07. The molecule has 0 bridgehead atoms. The lowest BCUT2D eigenvalue weighted by atomic mass is 10.1. The molecule has 100 valence electrons. The third-order valence-corrected chi connectivity index (χ3v) is 3.63. The third-order valence-electron chi connectivity index (χ3n) is 3.63. The molecule has 1 atom stereocenters. The Hall–Kier alpha value is -1.88. The fraction of sp³-hybridized carbons (Fsp3) is 0.429. The molecule has 19 heavy (non-hydrogen) atoms. The molecule has 5 heteroatoms. The van der Waals surface area contributed by atoms with Gasteiger partial charge in [-0.2, -0.15) is 5.10 Å². The molecule has 1 amide bonds. The van der Waals surface area contributed by atoms with Gasteiger partial charge in [-0.3, -0.25) is 9.89 Å². The van der Waals surface area contributed by atoms with E-state index in [-0.39, 0.29) is 5.91 Å². The van der Waals surface area contributed by atoms with Crippen molar-refractivity contribution in [2.75, 3.05) is 13.1 Å². The van der Waals surface area contributed by atoms with Crippen LogP contribution >= 0.6 is 0 Å². The van der Waals surface area contributed by atoms with Gasteiger partial charge in [0.1, 0.15) is 0 Å². The molecule has 0 saturated carbocycles. The standard InChI is InChI=1S/C14H18N4O/c19-14(16-9-7-10-4-3-8-15-10)13-11-5-1-2-6-12(11)17-18-13/h1-2,5-6,10,15H,3-4,7-9H2,(H,16,19)(H,17,18). The molecule has 1 aromatic heterocycles. The summed E-state index contributed by atoms with van der Waals surface area (Å²) in [6.07, 6.45) is 3.43. The smallest absolute Gasteiger partial charge is 0.272 e. The maximum atomic E-state index is 12.1. The number of carbonyl (C=O) groups is 1. The first-order valence-electron chi connectivity index (χ1n) is 6.79. The second-order valence-electron chi connectivity index (χ2n) is 4.96. The van der Waals surface area contributed by atoms with Crippen LogP contribution < -0.4 is 10.6 Å². The molecule has 3 N–H and O–H groups in total. The number of aromatic nitrogens is 2. The van der Waals surface area contributed by atoms with E-state index >= 15 is 0 Å². The first-order chi connectivity index (χ1) is 9.34. The molecule has 1 unspecified atom stereocenters. The Morgan fingerprint density at radius 2 is 2.32 bits per heavy atom. The van der Waals surface area contributed by atoms with Gasteiger partial charge in [0.25, 0.3) is 5.91 Å². The third kappa shape index (κ3) is 2.61. The van der Waals surface area contributed by atoms with Crippen molar-refractivity contribution in [3.63, 3.8) is 0 Å². The number of carbonyl (C=O) groups excluding carboxylic acids is 1. The van der Waals surface area contributed by atoms with Crippen molar-refractivity contribution >= 4 is 16.8 Å². The van der Waals surface area contributed by atoms with Crippen LogP contribution in [0.1, 0.15) is 29.8 Å². The summed E-state index contributed by atoms with van der Waals surface area (Å²) >= 11 is 0. The minimum atomic E-state index is -0.101. The molecule has 1 saturated heterocycles. The summed E-state index contributed by atoms with van der Waals surface area (Å²) in [6, 6.07) is 8.22. The van der Waals surface area contributed by atoms with Crippen molar-refractivity contribution in [3.8, 4) is 0 Å². The summed E-state index contributed by atoms with van der Waals surface area (Å²) in [5.74, 6) is -0.101. The normalized spacial score (nSPS) is 18.8. The van der Waals surface area contributed by atoms with E-state index in [0.717, 1.165) is 23.9 Å². The van der Waals surface area contributed by atoms with E-state index in [9.17, 15) is 4.79 Å². The van der Waals surface area contributed by atoms with E-state index in [4.69, 9.17) is 0 Å². The van der Waals surface area contributed by atoms with Crippen LogP contribution in [0.4, 0.5) is 0 Å². The minimum absolute atomic E-state index is 0.101. The zero-order valence-electron chi connectivity index (χ0n) is 10.8. The van der Waals surface area contributed by atoms with Crippen molar-refractivity contribution in [2.24, 2.45) is 0 Å². The van der Waals surface area contributed by atoms with Crippen LogP contribution in [0.5, 0.6) is 0 Å². The summed E-state index contributed by atoms with van der Waals surface area (Å²) < 4.78 is 0. The van der Waals surface area contributed by atoms with Gasteiger partial charge in [-0.15, -0.1) is 0 Å². The topological polar surface area (TPSA) is 69.8 Å². The summed E-state index contributed by atoms with van der Waals surface area (Å²) in [6.45, 7) is 1.79. The van der Waals surface area contributed by atoms with Crippen LogP contribution in [0.15, 0.2) is 24.3 Å². The summed E-state index contributed by atoms with van der Waals surface area (Å²) in [4.78, 5) is 12.1. The van der Waals surface area contributed by atoms with E-state index < -0.39 is 0 Å². The van der Waals surface area contributed by atoms with Crippen molar-refractivity contribution in [2.45, 2.75) is 25.3 Å². The van der Waals surface area contributed by atoms with E-state index in [2.05, 4.69) is 20.8 Å². The maximum Gasteiger partial charge on any atom is 0.272 e. The lowest BCUT2D eigenvalue weighted by Crippen LogP contribution is -2.30. The zero-order valence-corrected chi connectivity index (χ0v) is 10.8. The number of nitrogens with zero attached hydrogens (tertiary/aromatic N) is 1. The van der Waals surface area contributed by atoms with E-state index in [1.165, 1.54) is 12.8 Å². The lowest BCUT2D eigenvalue weighted by molar-refractivity contribution is 0.0949. The van der Waals surface area contributed by atoms with Gasteiger partial charge in [0.05, 0.1) is 5.52 Å². The Bertz CT molecular complexity index is 572. The zero-order chi connectivity index (χ0) is 13.1. The highest BCUT2D eigenvalue weighted by atomic mass is 16.1. The van der Waals surface area contributed by atoms with Crippen molar-refractivity contribution in [3.05, 3.63) is 30.0 Å². The number of fused-ring (bicyclic) bond motifs is 1. The molecule has 0 radical (unpaired) electrons. The molecule has 1 aliphatic heterocycles. The number of hydrogen-bond acceptors (Lipinski definition) is 3. The monoisotopic (exact) mass is 258 g/mol. The predicted octanol–water partition coefficient (Wildman–Crippen LogP) is 1.43. The molecule has 1 fully saturated rings. The molecule has 3 rings (SSSR count). The average molecular weight is 258 g/mol. The van der Waals surface area contributed by atoms with Gasteiger partial charge in [-0.25, -0.2) is 0 Å². The maximum absolute atomic E-state index is 12.1. The largest absolute Gasteiger partial charge is 0.351 e. The van der Waals surface area contributed by atoms with Crippen LogP contribution in [-0.2, 0) is 0 Å². The number of H-pyrrole nitrogens is 1. The number of amides is 1. The molecular weight excluding hydrogens is 240 g/mol. The molecule has 0 aliphatic carbocycles. The van der Waals surface area contributed by atoms with E-state index in [1.54, 1.807) is 0 Å². The molecule has 2 aromatic rings. The first-order valence-corrected chi connectivity index (χ1v) is 6.79. The van der Waals surface area contributed by atoms with Gasteiger partial charge in [0, 0.05) is 18.0 Å². The van der Waals surface area contributed by atoms with E-state index in [1.807, 2.05) is 24.3 Å². The second-order valence-corrected chi connectivity index (χ2v) is 4.96. The van der Waals surface area contributed by atoms with E-state index in [0.29, 0.717) is 18.3 Å². The van der Waals surface area contributed by atoms with Gasteiger partial charge in [-0.1, -0.05) is 18.2 Å². The number of benzene rings is 1. The number of hydrogen-bond donors (Lipinski definition) is 3. The van der Waals surface area contributed by atoms with Crippen molar-refractivity contribution in [1.82, 2.24) is 20.8 Å². The second kappa shape index (κ2) is 5.40. The SMILES string of the molecule is O=C(NCCC1CCCN1)c1n[nH]c2ccccc12. The first kappa shape index (κ1) is 12.2. The van der Waals surface area contributed by atoms with Crippen LogP contribution in [0.25, 0.3) is 10.9 Å². The van der Waals surface area contributed by atoms with Crippen LogP contribution in [0, 0.1) is 0 Å². The van der Waals surface area contributed by atoms with Crippen LogP contribution in [0.2, 0.25) is 0 Å². The molecule has 2 heterocycles. The van der Waals surface area contributed by atoms with Gasteiger partial charge in [0.2, 0.25) is 0 Å². The number of para-hydroxylation sites is 1. The van der Waals surface area contributed by atoms with Crippen molar-refractivity contribution in [1.29, 1.82) is 0 Å². The molecule has 1 aromatic carbocycles. The van der Waals surface area contributed by atoms with Crippen molar-refractivity contribution < 1.29 is 4.79 Å². The number of aromatic amines is 1. The van der Waals surface area contributed by atoms with Crippen LogP contribution in [0.3, 0.4) is 0 Å². The summed E-state index contributed by atoms with van der Waals surface area (Å²) in [7, 11) is 0. The van der Waals surface area contributed by atoms with Gasteiger partial charge in [-0.05, 0) is 31.9 Å². The Balaban J connectivity index is 1.60. The Morgan fingerprint density at radius 1 is 1.42 bits per heavy atom. The quantitative estimate of drug-likeness (QED) is 0.777. The molecule has 1 aliphatic rings. The van der Waals surface area contributed by atoms with Crippen LogP contribution in [-0.4, -0.2) is 35.2 Å². The Labute approximate surface area is 111 Å². The molecule has 5 nitrogen and oxygen atoms in total. The molecular formula is C14H18N4O. The highest BCUT2D eigenvalue weighted by molar-refractivity contribution is 6.04. The lowest BCUT2D eigenvalue weighted by Gasteiger charge is -2.10. The Morgan fingerprint density at radius 3 is 3.16 bits per heavy atom. The summed E-state index contributed by atoms with van der Waals surface area (Å²) in [5.41, 5.74) is 1.38. The molecule has 0 spiro atoms. The fourth-order valence-electron chi connectivity index (χ4n) is 2.58. The highest BCUT2D eigenvalue weighted by Gasteiger charge is 2.16. The number of rotatable bonds is 4. The Kier molecular flexibility index (Phi) is 3.46. The fourth-order valence-corrected chi connectivity index (χ4v) is 2.58.